The van der Waals surface area contributed by atoms with Gasteiger partial charge in [0.1, 0.15) is 17.1 Å². The highest BCUT2D eigenvalue weighted by Crippen LogP contribution is 2.27. The number of H-pyrrole nitrogens is 1. The minimum absolute atomic E-state index is 0.197. The van der Waals surface area contributed by atoms with E-state index in [-0.39, 0.29) is 11.3 Å². The molecule has 128 valence electrons. The minimum atomic E-state index is -0.987. The van der Waals surface area contributed by atoms with E-state index in [4.69, 9.17) is 0 Å². The van der Waals surface area contributed by atoms with E-state index in [1.807, 2.05) is 49.4 Å². The highest BCUT2D eigenvalue weighted by molar-refractivity contribution is 6.02. The lowest BCUT2D eigenvalue weighted by Gasteiger charge is -2.03. The van der Waals surface area contributed by atoms with Crippen molar-refractivity contribution in [2.45, 2.75) is 6.92 Å². The van der Waals surface area contributed by atoms with Crippen LogP contribution < -0.4 is 0 Å². The third-order valence-corrected chi connectivity index (χ3v) is 4.32. The second-order valence-electron chi connectivity index (χ2n) is 6.22. The van der Waals surface area contributed by atoms with Crippen molar-refractivity contribution in [2.24, 2.45) is 0 Å². The lowest BCUT2D eigenvalue weighted by Crippen LogP contribution is -1.98. The van der Waals surface area contributed by atoms with Crippen LogP contribution in [0.4, 0.5) is 0 Å². The number of nitrogens with one attached hydrogen (secondary N) is 1. The Labute approximate surface area is 149 Å². The van der Waals surface area contributed by atoms with Crippen LogP contribution in [-0.2, 0) is 0 Å². The van der Waals surface area contributed by atoms with Crippen molar-refractivity contribution in [2.75, 3.05) is 0 Å². The van der Waals surface area contributed by atoms with E-state index in [9.17, 15) is 15.0 Å². The van der Waals surface area contributed by atoms with Gasteiger partial charge in [0, 0.05) is 5.56 Å². The van der Waals surface area contributed by atoms with Crippen molar-refractivity contribution < 1.29 is 15.0 Å². The molecule has 0 aliphatic heterocycles. The summed E-state index contributed by atoms with van der Waals surface area (Å²) in [7, 11) is 0. The van der Waals surface area contributed by atoms with Crippen molar-refractivity contribution >= 4 is 17.0 Å². The third-order valence-electron chi connectivity index (χ3n) is 4.32. The Bertz CT molecular complexity index is 1110. The third kappa shape index (κ3) is 2.80. The van der Waals surface area contributed by atoms with E-state index < -0.39 is 5.97 Å². The fourth-order valence-electron chi connectivity index (χ4n) is 3.04. The van der Waals surface area contributed by atoms with Crippen LogP contribution in [0, 0.1) is 6.92 Å². The minimum Gasteiger partial charge on any atom is -0.508 e. The summed E-state index contributed by atoms with van der Waals surface area (Å²) in [4.78, 5) is 19.2. The molecular formula is C21H16N2O3. The van der Waals surface area contributed by atoms with Crippen LogP contribution in [0.1, 0.15) is 15.9 Å². The molecule has 0 saturated carbocycles. The highest BCUT2D eigenvalue weighted by atomic mass is 16.4. The first-order valence-corrected chi connectivity index (χ1v) is 8.15. The molecule has 0 radical (unpaired) electrons. The topological polar surface area (TPSA) is 86.2 Å². The van der Waals surface area contributed by atoms with Gasteiger partial charge >= 0.3 is 5.97 Å². The van der Waals surface area contributed by atoms with Gasteiger partial charge in [-0.1, -0.05) is 36.4 Å². The largest absolute Gasteiger partial charge is 0.508 e. The Morgan fingerprint density at radius 1 is 0.923 bits per heavy atom. The molecule has 4 rings (SSSR count). The predicted octanol–water partition coefficient (Wildman–Crippen LogP) is 4.61. The molecule has 5 heteroatoms. The summed E-state index contributed by atoms with van der Waals surface area (Å²) in [5.41, 5.74) is 5.13. The van der Waals surface area contributed by atoms with Crippen LogP contribution in [-0.4, -0.2) is 26.2 Å². The van der Waals surface area contributed by atoms with E-state index >= 15 is 0 Å². The summed E-state index contributed by atoms with van der Waals surface area (Å²) in [6, 6.07) is 18.3. The molecule has 1 heterocycles. The zero-order valence-corrected chi connectivity index (χ0v) is 14.0. The molecular weight excluding hydrogens is 328 g/mol. The number of aromatic hydroxyl groups is 1. The number of carbonyl (C=O) groups is 1. The molecule has 0 fully saturated rings. The molecule has 5 nitrogen and oxygen atoms in total. The second kappa shape index (κ2) is 6.04. The summed E-state index contributed by atoms with van der Waals surface area (Å²) in [6.45, 7) is 1.86. The van der Waals surface area contributed by atoms with Gasteiger partial charge in [0.2, 0.25) is 0 Å². The maximum Gasteiger partial charge on any atom is 0.337 e. The van der Waals surface area contributed by atoms with Crippen molar-refractivity contribution in [1.82, 2.24) is 9.97 Å². The van der Waals surface area contributed by atoms with Gasteiger partial charge in [0.25, 0.3) is 0 Å². The molecule has 3 N–H and O–H groups in total. The number of hydrogen-bond acceptors (Lipinski definition) is 3. The van der Waals surface area contributed by atoms with Gasteiger partial charge in [0.05, 0.1) is 11.1 Å². The fourth-order valence-corrected chi connectivity index (χ4v) is 3.04. The number of phenolic OH excluding ortho intramolecular Hbond substituents is 1. The Hall–Kier alpha value is -3.60. The molecule has 0 amide bonds. The fraction of sp³-hybridized carbons (Fsp3) is 0.0476. The number of aromatic nitrogens is 2. The number of fused-ring (bicyclic) bond motifs is 1. The van der Waals surface area contributed by atoms with E-state index in [1.54, 1.807) is 18.2 Å². The standard InChI is InChI=1S/C21H16N2O3/c1-12-10-17(21(25)26)19-18(11-12)22-20(23-19)15-4-2-13(3-5-15)14-6-8-16(24)9-7-14/h2-11,24H,1H3,(H,22,23)(H,25,26). The van der Waals surface area contributed by atoms with Gasteiger partial charge in [-0.25, -0.2) is 9.78 Å². The predicted molar refractivity (Wildman–Crippen MR) is 100 cm³/mol. The van der Waals surface area contributed by atoms with Crippen LogP contribution in [0.5, 0.6) is 5.75 Å². The molecule has 0 aliphatic rings. The molecule has 3 aromatic carbocycles. The van der Waals surface area contributed by atoms with Crippen LogP contribution in [0.2, 0.25) is 0 Å². The van der Waals surface area contributed by atoms with Crippen LogP contribution >= 0.6 is 0 Å². The maximum atomic E-state index is 11.5. The van der Waals surface area contributed by atoms with Crippen molar-refractivity contribution in [3.8, 4) is 28.3 Å². The lowest BCUT2D eigenvalue weighted by molar-refractivity contribution is 0.0698. The summed E-state index contributed by atoms with van der Waals surface area (Å²) in [6.07, 6.45) is 0. The van der Waals surface area contributed by atoms with Gasteiger partial charge in [-0.3, -0.25) is 0 Å². The normalized spacial score (nSPS) is 11.0. The lowest BCUT2D eigenvalue weighted by atomic mass is 10.0. The molecule has 0 atom stereocenters. The van der Waals surface area contributed by atoms with Gasteiger partial charge in [0.15, 0.2) is 0 Å². The number of aryl methyl sites for hydroxylation is 1. The first kappa shape index (κ1) is 15.9. The first-order valence-electron chi connectivity index (χ1n) is 8.15. The summed E-state index contributed by atoms with van der Waals surface area (Å²) in [5.74, 6) is -0.123. The molecule has 4 aromatic rings. The second-order valence-corrected chi connectivity index (χ2v) is 6.22. The number of rotatable bonds is 3. The molecule has 0 aliphatic carbocycles. The monoisotopic (exact) mass is 344 g/mol. The number of nitrogens with zero attached hydrogens (tertiary/aromatic N) is 1. The number of imidazole rings is 1. The molecule has 0 bridgehead atoms. The average molecular weight is 344 g/mol. The number of aromatic amines is 1. The number of phenols is 1. The molecule has 0 saturated heterocycles. The van der Waals surface area contributed by atoms with E-state index in [0.717, 1.165) is 22.3 Å². The van der Waals surface area contributed by atoms with Crippen LogP contribution in [0.3, 0.4) is 0 Å². The quantitative estimate of drug-likeness (QED) is 0.506. The van der Waals surface area contributed by atoms with Gasteiger partial charge in [-0.05, 0) is 47.9 Å². The number of benzene rings is 3. The summed E-state index contributed by atoms with van der Waals surface area (Å²) >= 11 is 0. The maximum absolute atomic E-state index is 11.5. The first-order chi connectivity index (χ1) is 12.5. The zero-order valence-electron chi connectivity index (χ0n) is 14.0. The van der Waals surface area contributed by atoms with Gasteiger partial charge in [-0.2, -0.15) is 0 Å². The van der Waals surface area contributed by atoms with Crippen LogP contribution in [0.15, 0.2) is 60.7 Å². The average Bonchev–Trinajstić information content (AvgIpc) is 3.05. The number of carboxylic acids is 1. The molecule has 26 heavy (non-hydrogen) atoms. The van der Waals surface area contributed by atoms with E-state index in [1.165, 1.54) is 0 Å². The Morgan fingerprint density at radius 2 is 1.50 bits per heavy atom. The smallest absolute Gasteiger partial charge is 0.337 e. The number of carboxylic acid groups (broad SMARTS) is 1. The SMILES string of the molecule is Cc1cc(C(=O)O)c2nc(-c3ccc(-c4ccc(O)cc4)cc3)[nH]c2c1. The van der Waals surface area contributed by atoms with Gasteiger partial charge < -0.3 is 15.2 Å². The Balaban J connectivity index is 1.75. The summed E-state index contributed by atoms with van der Waals surface area (Å²) < 4.78 is 0. The van der Waals surface area contributed by atoms with Crippen molar-refractivity contribution in [3.05, 3.63) is 71.8 Å². The molecule has 0 spiro atoms. The van der Waals surface area contributed by atoms with Crippen LogP contribution in [0.25, 0.3) is 33.5 Å². The zero-order chi connectivity index (χ0) is 18.3. The van der Waals surface area contributed by atoms with Crippen molar-refractivity contribution in [1.29, 1.82) is 0 Å². The van der Waals surface area contributed by atoms with E-state index in [0.29, 0.717) is 16.9 Å². The molecule has 1 aromatic heterocycles. The Kier molecular flexibility index (Phi) is 3.69. The Morgan fingerprint density at radius 3 is 2.12 bits per heavy atom. The van der Waals surface area contributed by atoms with Crippen molar-refractivity contribution in [3.63, 3.8) is 0 Å². The highest BCUT2D eigenvalue weighted by Gasteiger charge is 2.14. The molecule has 0 unspecified atom stereocenters. The van der Waals surface area contributed by atoms with E-state index in [2.05, 4.69) is 9.97 Å². The number of hydrogen-bond donors (Lipinski definition) is 3. The van der Waals surface area contributed by atoms with Gasteiger partial charge in [-0.15, -0.1) is 0 Å². The number of aromatic carboxylic acids is 1. The summed E-state index contributed by atoms with van der Waals surface area (Å²) in [5, 5.41) is 18.8.